The van der Waals surface area contributed by atoms with Crippen LogP contribution in [0.25, 0.3) is 5.76 Å². The van der Waals surface area contributed by atoms with Crippen LogP contribution in [0.2, 0.25) is 0 Å². The molecule has 1 fully saturated rings. The molecule has 40 heavy (non-hydrogen) atoms. The Morgan fingerprint density at radius 2 is 1.62 bits per heavy atom. The first-order valence-corrected chi connectivity index (χ1v) is 13.3. The summed E-state index contributed by atoms with van der Waals surface area (Å²) in [5, 5.41) is 11.8. The molecule has 1 atom stereocenters. The summed E-state index contributed by atoms with van der Waals surface area (Å²) in [4.78, 5) is 28.7. The van der Waals surface area contributed by atoms with E-state index in [1.54, 1.807) is 13.2 Å². The van der Waals surface area contributed by atoms with Gasteiger partial charge in [-0.2, -0.15) is 0 Å². The Morgan fingerprint density at radius 1 is 0.925 bits per heavy atom. The number of rotatable bonds is 8. The van der Waals surface area contributed by atoms with E-state index in [4.69, 9.17) is 14.2 Å². The van der Waals surface area contributed by atoms with E-state index in [1.165, 1.54) is 12.0 Å². The van der Waals surface area contributed by atoms with Crippen molar-refractivity contribution in [1.82, 2.24) is 4.90 Å². The lowest BCUT2D eigenvalue weighted by Gasteiger charge is -2.26. The van der Waals surface area contributed by atoms with Crippen LogP contribution in [0.3, 0.4) is 0 Å². The Labute approximate surface area is 236 Å². The number of ether oxygens (including phenoxy) is 3. The molecule has 1 N–H and O–H groups in total. The van der Waals surface area contributed by atoms with Gasteiger partial charge in [-0.1, -0.05) is 51.1 Å². The highest BCUT2D eigenvalue weighted by Crippen LogP contribution is 2.43. The smallest absolute Gasteiger partial charge is 0.295 e. The van der Waals surface area contributed by atoms with Crippen molar-refractivity contribution >= 4 is 17.4 Å². The van der Waals surface area contributed by atoms with Crippen LogP contribution in [0, 0.1) is 0 Å². The molecule has 3 aromatic carbocycles. The standard InChI is InChI=1S/C33H37NO6/c1-20(2)40-25-13-9-11-22(17-25)29-28(30(35)26-18-23(33(3,4)5)14-15-27(26)39-7)31(36)32(37)34(29)19-21-10-8-12-24(16-21)38-6/h8-18,20,29,35H,19H2,1-7H3/b30-28+. The number of hydrogen-bond donors (Lipinski definition) is 1. The summed E-state index contributed by atoms with van der Waals surface area (Å²) in [7, 11) is 3.08. The number of aliphatic hydroxyl groups excluding tert-OH is 1. The lowest BCUT2D eigenvalue weighted by molar-refractivity contribution is -0.140. The Hall–Kier alpha value is -4.26. The number of benzene rings is 3. The van der Waals surface area contributed by atoms with Crippen LogP contribution < -0.4 is 14.2 Å². The third-order valence-electron chi connectivity index (χ3n) is 6.89. The zero-order chi connectivity index (χ0) is 29.2. The summed E-state index contributed by atoms with van der Waals surface area (Å²) in [6, 6.07) is 19.3. The number of amides is 1. The molecule has 1 aliphatic rings. The zero-order valence-electron chi connectivity index (χ0n) is 24.1. The molecule has 4 rings (SSSR count). The number of nitrogens with zero attached hydrogens (tertiary/aromatic N) is 1. The molecule has 3 aromatic rings. The SMILES string of the molecule is COc1cccc(CN2C(=O)C(=O)/C(=C(/O)c3cc(C(C)(C)C)ccc3OC)C2c2cccc(OC(C)C)c2)c1. The van der Waals surface area contributed by atoms with Crippen molar-refractivity contribution in [3.63, 3.8) is 0 Å². The van der Waals surface area contributed by atoms with Crippen LogP contribution in [0.15, 0.2) is 72.3 Å². The van der Waals surface area contributed by atoms with Crippen molar-refractivity contribution in [2.75, 3.05) is 14.2 Å². The van der Waals surface area contributed by atoms with E-state index < -0.39 is 17.7 Å². The number of methoxy groups -OCH3 is 2. The number of ketones is 1. The third-order valence-corrected chi connectivity index (χ3v) is 6.89. The molecule has 1 heterocycles. The van der Waals surface area contributed by atoms with Gasteiger partial charge in [0.2, 0.25) is 0 Å². The van der Waals surface area contributed by atoms with Crippen LogP contribution >= 0.6 is 0 Å². The van der Waals surface area contributed by atoms with Crippen molar-refractivity contribution < 1.29 is 28.9 Å². The predicted octanol–water partition coefficient (Wildman–Crippen LogP) is 6.41. The molecule has 0 bridgehead atoms. The Bertz CT molecular complexity index is 1450. The van der Waals surface area contributed by atoms with Gasteiger partial charge in [0.1, 0.15) is 23.0 Å². The number of likely N-dealkylation sites (tertiary alicyclic amines) is 1. The van der Waals surface area contributed by atoms with E-state index in [0.29, 0.717) is 28.4 Å². The predicted molar refractivity (Wildman–Crippen MR) is 155 cm³/mol. The first-order valence-electron chi connectivity index (χ1n) is 13.3. The zero-order valence-corrected chi connectivity index (χ0v) is 24.1. The Kier molecular flexibility index (Phi) is 8.24. The van der Waals surface area contributed by atoms with Crippen LogP contribution in [-0.2, 0) is 21.5 Å². The number of carbonyl (C=O) groups excluding carboxylic acids is 2. The van der Waals surface area contributed by atoms with Gasteiger partial charge in [0.05, 0.1) is 37.5 Å². The van der Waals surface area contributed by atoms with Crippen molar-refractivity contribution in [1.29, 1.82) is 0 Å². The largest absolute Gasteiger partial charge is 0.507 e. The second kappa shape index (κ2) is 11.5. The number of Topliss-reactive ketones (excluding diaryl/α,β-unsaturated/α-hetero) is 1. The third kappa shape index (κ3) is 5.83. The van der Waals surface area contributed by atoms with Gasteiger partial charge < -0.3 is 24.2 Å². The topological polar surface area (TPSA) is 85.3 Å². The first kappa shape index (κ1) is 28.7. The monoisotopic (exact) mass is 543 g/mol. The summed E-state index contributed by atoms with van der Waals surface area (Å²) < 4.78 is 16.9. The van der Waals surface area contributed by atoms with Gasteiger partial charge in [0.25, 0.3) is 11.7 Å². The fourth-order valence-corrected chi connectivity index (χ4v) is 4.89. The van der Waals surface area contributed by atoms with E-state index >= 15 is 0 Å². The number of hydrogen-bond acceptors (Lipinski definition) is 6. The highest BCUT2D eigenvalue weighted by atomic mass is 16.5. The molecule has 0 spiro atoms. The fraction of sp³-hybridized carbons (Fsp3) is 0.333. The number of aliphatic hydroxyl groups is 1. The maximum absolute atomic E-state index is 13.7. The lowest BCUT2D eigenvalue weighted by Crippen LogP contribution is -2.29. The van der Waals surface area contributed by atoms with E-state index in [-0.39, 0.29) is 29.4 Å². The van der Waals surface area contributed by atoms with E-state index in [9.17, 15) is 14.7 Å². The molecular formula is C33H37NO6. The minimum atomic E-state index is -0.857. The summed E-state index contributed by atoms with van der Waals surface area (Å²) in [5.74, 6) is -0.0949. The van der Waals surface area contributed by atoms with Gasteiger partial charge in [-0.05, 0) is 72.4 Å². The van der Waals surface area contributed by atoms with Crippen molar-refractivity contribution in [3.8, 4) is 17.2 Å². The summed E-state index contributed by atoms with van der Waals surface area (Å²) in [6.07, 6.45) is -0.0669. The normalized spacial score (nSPS) is 16.9. The van der Waals surface area contributed by atoms with Crippen LogP contribution in [0.5, 0.6) is 17.2 Å². The minimum absolute atomic E-state index is 0.000970. The molecule has 0 aliphatic carbocycles. The molecule has 7 heteroatoms. The highest BCUT2D eigenvalue weighted by molar-refractivity contribution is 6.46. The minimum Gasteiger partial charge on any atom is -0.507 e. The van der Waals surface area contributed by atoms with Gasteiger partial charge in [0, 0.05) is 6.54 Å². The quantitative estimate of drug-likeness (QED) is 0.201. The molecule has 0 radical (unpaired) electrons. The Balaban J connectivity index is 1.93. The highest BCUT2D eigenvalue weighted by Gasteiger charge is 2.46. The fourth-order valence-electron chi connectivity index (χ4n) is 4.89. The van der Waals surface area contributed by atoms with Crippen LogP contribution in [0.4, 0.5) is 0 Å². The maximum Gasteiger partial charge on any atom is 0.295 e. The van der Waals surface area contributed by atoms with Crippen LogP contribution in [0.1, 0.15) is 62.9 Å². The van der Waals surface area contributed by atoms with Crippen molar-refractivity contribution in [3.05, 3.63) is 94.6 Å². The molecule has 7 nitrogen and oxygen atoms in total. The molecule has 0 aromatic heterocycles. The van der Waals surface area contributed by atoms with Gasteiger partial charge in [-0.25, -0.2) is 0 Å². The second-order valence-electron chi connectivity index (χ2n) is 11.2. The molecule has 1 saturated heterocycles. The molecule has 210 valence electrons. The average molecular weight is 544 g/mol. The molecule has 1 unspecified atom stereocenters. The second-order valence-corrected chi connectivity index (χ2v) is 11.2. The molecule has 1 aliphatic heterocycles. The molecule has 0 saturated carbocycles. The summed E-state index contributed by atoms with van der Waals surface area (Å²) >= 11 is 0. The van der Waals surface area contributed by atoms with Gasteiger partial charge in [-0.15, -0.1) is 0 Å². The lowest BCUT2D eigenvalue weighted by atomic mass is 9.85. The average Bonchev–Trinajstić information content (AvgIpc) is 3.16. The van der Waals surface area contributed by atoms with Gasteiger partial charge in [0.15, 0.2) is 0 Å². The number of carbonyl (C=O) groups is 2. The van der Waals surface area contributed by atoms with Gasteiger partial charge in [-0.3, -0.25) is 9.59 Å². The molecule has 1 amide bonds. The van der Waals surface area contributed by atoms with Crippen molar-refractivity contribution in [2.45, 2.75) is 58.7 Å². The van der Waals surface area contributed by atoms with E-state index in [0.717, 1.165) is 11.1 Å². The summed E-state index contributed by atoms with van der Waals surface area (Å²) in [6.45, 7) is 10.2. The van der Waals surface area contributed by atoms with E-state index in [2.05, 4.69) is 20.8 Å². The Morgan fingerprint density at radius 3 is 2.27 bits per heavy atom. The molecular weight excluding hydrogens is 506 g/mol. The van der Waals surface area contributed by atoms with Crippen molar-refractivity contribution in [2.24, 2.45) is 0 Å². The first-order chi connectivity index (χ1) is 18.9. The maximum atomic E-state index is 13.7. The van der Waals surface area contributed by atoms with Gasteiger partial charge >= 0.3 is 0 Å². The van der Waals surface area contributed by atoms with E-state index in [1.807, 2.05) is 74.5 Å². The summed E-state index contributed by atoms with van der Waals surface area (Å²) in [5.41, 5.74) is 2.51. The van der Waals surface area contributed by atoms with Crippen LogP contribution in [-0.4, -0.2) is 42.0 Å².